The maximum Gasteiger partial charge on any atom is 0.246 e. The highest BCUT2D eigenvalue weighted by molar-refractivity contribution is 7.89. The van der Waals surface area contributed by atoms with Gasteiger partial charge in [-0.2, -0.15) is 8.61 Å². The monoisotopic (exact) mass is 571 g/mol. The molecule has 2 fully saturated rings. The van der Waals surface area contributed by atoms with Crippen molar-refractivity contribution in [1.29, 1.82) is 0 Å². The molecule has 0 saturated carbocycles. The zero-order valence-corrected chi connectivity index (χ0v) is 22.8. The highest BCUT2D eigenvalue weighted by Gasteiger charge is 2.35. The van der Waals surface area contributed by atoms with Gasteiger partial charge in [-0.25, -0.2) is 16.8 Å². The molecule has 0 aliphatic carbocycles. The number of rotatable bonds is 8. The number of sulfonamides is 2. The molecule has 2 aromatic rings. The minimum absolute atomic E-state index is 0.0318. The number of morpholine rings is 1. The Morgan fingerprint density at radius 1 is 1.03 bits per heavy atom. The van der Waals surface area contributed by atoms with E-state index < -0.39 is 26.0 Å². The van der Waals surface area contributed by atoms with Gasteiger partial charge in [-0.15, -0.1) is 0 Å². The van der Waals surface area contributed by atoms with E-state index >= 15 is 0 Å². The van der Waals surface area contributed by atoms with Crippen LogP contribution in [0.3, 0.4) is 0 Å². The van der Waals surface area contributed by atoms with Crippen LogP contribution in [-0.4, -0.2) is 77.9 Å². The van der Waals surface area contributed by atoms with Gasteiger partial charge in [0.1, 0.15) is 10.6 Å². The number of nitrogens with one attached hydrogen (secondary N) is 1. The zero-order valence-electron chi connectivity index (χ0n) is 20.4. The molecule has 10 nitrogen and oxygen atoms in total. The Morgan fingerprint density at radius 2 is 1.73 bits per heavy atom. The van der Waals surface area contributed by atoms with Crippen LogP contribution in [0.5, 0.6) is 5.75 Å². The molecular weight excluding hydrogens is 542 g/mol. The van der Waals surface area contributed by atoms with Gasteiger partial charge in [0.2, 0.25) is 26.0 Å². The van der Waals surface area contributed by atoms with E-state index in [1.54, 1.807) is 18.2 Å². The maximum atomic E-state index is 13.3. The van der Waals surface area contributed by atoms with Crippen LogP contribution < -0.4 is 10.1 Å². The van der Waals surface area contributed by atoms with Crippen molar-refractivity contribution in [2.24, 2.45) is 5.92 Å². The van der Waals surface area contributed by atoms with Crippen molar-refractivity contribution in [2.45, 2.75) is 29.2 Å². The molecule has 2 aliphatic rings. The van der Waals surface area contributed by atoms with Crippen LogP contribution in [0.4, 0.5) is 0 Å². The molecule has 202 valence electrons. The fourth-order valence-electron chi connectivity index (χ4n) is 4.41. The third-order valence-corrected chi connectivity index (χ3v) is 10.5. The number of benzene rings is 2. The van der Waals surface area contributed by atoms with Gasteiger partial charge in [-0.3, -0.25) is 4.79 Å². The van der Waals surface area contributed by atoms with Crippen LogP contribution in [0.25, 0.3) is 0 Å². The Kier molecular flexibility index (Phi) is 8.77. The standard InChI is InChI=1S/C24H30ClN3O7S2/c1-34-22-9-6-20(25)15-23(22)37(32,33)28-10-2-3-19(17-28)24(29)26-16-18-4-7-21(8-5-18)36(30,31)27-11-13-35-14-12-27/h4-9,15,19H,2-3,10-14,16-17H2,1H3,(H,26,29)/t19-/m0/s1. The van der Waals surface area contributed by atoms with E-state index in [0.717, 1.165) is 5.56 Å². The topological polar surface area (TPSA) is 122 Å². The van der Waals surface area contributed by atoms with Gasteiger partial charge in [0.15, 0.2) is 0 Å². The highest BCUT2D eigenvalue weighted by Crippen LogP contribution is 2.32. The first-order valence-electron chi connectivity index (χ1n) is 11.9. The summed E-state index contributed by atoms with van der Waals surface area (Å²) >= 11 is 6.03. The van der Waals surface area contributed by atoms with Crippen molar-refractivity contribution < 1.29 is 31.1 Å². The van der Waals surface area contributed by atoms with Crippen LogP contribution >= 0.6 is 11.6 Å². The second kappa shape index (κ2) is 11.7. The van der Waals surface area contributed by atoms with Gasteiger partial charge in [0.25, 0.3) is 0 Å². The first-order valence-corrected chi connectivity index (χ1v) is 15.2. The summed E-state index contributed by atoms with van der Waals surface area (Å²) in [7, 11) is -6.12. The first kappa shape index (κ1) is 27.8. The molecule has 13 heteroatoms. The number of carbonyl (C=O) groups excluding carboxylic acids is 1. The summed E-state index contributed by atoms with van der Waals surface area (Å²) < 4.78 is 65.3. The Hall–Kier alpha value is -2.22. The van der Waals surface area contributed by atoms with Gasteiger partial charge >= 0.3 is 0 Å². The van der Waals surface area contributed by atoms with Gasteiger partial charge in [-0.05, 0) is 48.7 Å². The lowest BCUT2D eigenvalue weighted by molar-refractivity contribution is -0.126. The predicted octanol–water partition coefficient (Wildman–Crippen LogP) is 2.09. The van der Waals surface area contributed by atoms with Crippen LogP contribution in [0, 0.1) is 5.92 Å². The Morgan fingerprint density at radius 3 is 2.41 bits per heavy atom. The number of piperidine rings is 1. The quantitative estimate of drug-likeness (QED) is 0.515. The molecule has 0 spiro atoms. The molecular formula is C24H30ClN3O7S2. The molecule has 2 aliphatic heterocycles. The second-order valence-corrected chi connectivity index (χ2v) is 13.2. The maximum absolute atomic E-state index is 13.3. The van der Waals surface area contributed by atoms with Crippen LogP contribution in [0.15, 0.2) is 52.3 Å². The summed E-state index contributed by atoms with van der Waals surface area (Å²) in [6.07, 6.45) is 1.09. The fourth-order valence-corrected chi connectivity index (χ4v) is 7.76. The van der Waals surface area contributed by atoms with Crippen molar-refractivity contribution in [3.63, 3.8) is 0 Å². The van der Waals surface area contributed by atoms with Gasteiger partial charge in [0.05, 0.1) is 31.1 Å². The van der Waals surface area contributed by atoms with Crippen LogP contribution in [0.1, 0.15) is 18.4 Å². The number of hydrogen-bond acceptors (Lipinski definition) is 7. The van der Waals surface area contributed by atoms with Crippen molar-refractivity contribution in [3.05, 3.63) is 53.1 Å². The molecule has 1 atom stereocenters. The normalized spacial score (nSPS) is 19.9. The molecule has 0 aromatic heterocycles. The predicted molar refractivity (Wildman–Crippen MR) is 137 cm³/mol. The lowest BCUT2D eigenvalue weighted by Crippen LogP contribution is -2.45. The average Bonchev–Trinajstić information content (AvgIpc) is 2.92. The number of nitrogens with zero attached hydrogens (tertiary/aromatic N) is 2. The first-order chi connectivity index (χ1) is 17.6. The van der Waals surface area contributed by atoms with E-state index in [0.29, 0.717) is 45.7 Å². The Labute approximate surface area is 222 Å². The van der Waals surface area contributed by atoms with Crippen molar-refractivity contribution >= 4 is 37.6 Å². The number of hydrogen-bond donors (Lipinski definition) is 1. The molecule has 0 unspecified atom stereocenters. The molecule has 0 radical (unpaired) electrons. The summed E-state index contributed by atoms with van der Waals surface area (Å²) in [6.45, 7) is 1.91. The van der Waals surface area contributed by atoms with E-state index in [1.165, 1.54) is 40.0 Å². The van der Waals surface area contributed by atoms with E-state index in [-0.39, 0.29) is 39.6 Å². The zero-order chi connectivity index (χ0) is 26.6. The number of ether oxygens (including phenoxy) is 2. The molecule has 1 N–H and O–H groups in total. The summed E-state index contributed by atoms with van der Waals surface area (Å²) in [5, 5.41) is 3.12. The van der Waals surface area contributed by atoms with Crippen molar-refractivity contribution in [3.8, 4) is 5.75 Å². The van der Waals surface area contributed by atoms with Crippen LogP contribution in [-0.2, 0) is 36.1 Å². The fraction of sp³-hybridized carbons (Fsp3) is 0.458. The lowest BCUT2D eigenvalue weighted by Gasteiger charge is -2.31. The van der Waals surface area contributed by atoms with Crippen molar-refractivity contribution in [1.82, 2.24) is 13.9 Å². The van der Waals surface area contributed by atoms with Crippen LogP contribution in [0.2, 0.25) is 5.02 Å². The Bertz CT molecular complexity index is 1330. The summed E-state index contributed by atoms with van der Waals surface area (Å²) in [5.41, 5.74) is 0.734. The molecule has 37 heavy (non-hydrogen) atoms. The number of amides is 1. The van der Waals surface area contributed by atoms with Gasteiger partial charge in [0, 0.05) is 37.7 Å². The minimum Gasteiger partial charge on any atom is -0.495 e. The Balaban J connectivity index is 1.38. The SMILES string of the molecule is COc1ccc(Cl)cc1S(=O)(=O)N1CCC[C@H](C(=O)NCc2ccc(S(=O)(=O)N3CCOCC3)cc2)C1. The molecule has 4 rings (SSSR count). The van der Waals surface area contributed by atoms with Gasteiger partial charge < -0.3 is 14.8 Å². The lowest BCUT2D eigenvalue weighted by atomic mass is 9.99. The largest absolute Gasteiger partial charge is 0.495 e. The van der Waals surface area contributed by atoms with E-state index in [9.17, 15) is 21.6 Å². The van der Waals surface area contributed by atoms with E-state index in [4.69, 9.17) is 21.1 Å². The molecule has 2 heterocycles. The number of halogens is 1. The molecule has 1 amide bonds. The van der Waals surface area contributed by atoms with Gasteiger partial charge in [-0.1, -0.05) is 23.7 Å². The van der Waals surface area contributed by atoms with E-state index in [2.05, 4.69) is 5.32 Å². The average molecular weight is 572 g/mol. The highest BCUT2D eigenvalue weighted by atomic mass is 35.5. The second-order valence-electron chi connectivity index (χ2n) is 8.88. The van der Waals surface area contributed by atoms with Crippen molar-refractivity contribution in [2.75, 3.05) is 46.5 Å². The number of carbonyl (C=O) groups is 1. The number of methoxy groups -OCH3 is 1. The third kappa shape index (κ3) is 6.27. The molecule has 0 bridgehead atoms. The minimum atomic E-state index is -3.91. The summed E-state index contributed by atoms with van der Waals surface area (Å²) in [6, 6.07) is 10.8. The summed E-state index contributed by atoms with van der Waals surface area (Å²) in [5.74, 6) is -0.590. The smallest absolute Gasteiger partial charge is 0.246 e. The third-order valence-electron chi connectivity index (χ3n) is 6.50. The van der Waals surface area contributed by atoms with E-state index in [1.807, 2.05) is 0 Å². The molecule has 2 aromatic carbocycles. The summed E-state index contributed by atoms with van der Waals surface area (Å²) in [4.78, 5) is 13.1. The molecule has 2 saturated heterocycles.